The predicted octanol–water partition coefficient (Wildman–Crippen LogP) is 2.60. The first-order valence-electron chi connectivity index (χ1n) is 32.5. The van der Waals surface area contributed by atoms with Crippen molar-refractivity contribution in [2.75, 3.05) is 26.4 Å². The Balaban J connectivity index is 1.62. The second kappa shape index (κ2) is 40.5. The molecule has 0 saturated carbocycles. The summed E-state index contributed by atoms with van der Waals surface area (Å²) in [6.45, 7) is 5.30. The predicted molar refractivity (Wildman–Crippen MR) is 311 cm³/mol. The number of rotatable bonds is 43. The van der Waals surface area contributed by atoms with Crippen molar-refractivity contribution in [2.24, 2.45) is 5.92 Å². The molecule has 86 heavy (non-hydrogen) atoms. The van der Waals surface area contributed by atoms with Gasteiger partial charge in [-0.2, -0.15) is 0 Å². The van der Waals surface area contributed by atoms with Crippen LogP contribution in [0, 0.1) is 5.92 Å². The van der Waals surface area contributed by atoms with Crippen LogP contribution in [-0.4, -0.2) is 234 Å². The van der Waals surface area contributed by atoms with Gasteiger partial charge in [-0.15, -0.1) is 0 Å². The van der Waals surface area contributed by atoms with Crippen molar-refractivity contribution in [3.05, 3.63) is 0 Å². The average molecular weight is 1240 g/mol. The van der Waals surface area contributed by atoms with Gasteiger partial charge in [0.2, 0.25) is 11.8 Å². The zero-order valence-corrected chi connectivity index (χ0v) is 51.9. The Kier molecular flexibility index (Phi) is 35.8. The van der Waals surface area contributed by atoms with E-state index in [1.165, 1.54) is 117 Å². The fourth-order valence-corrected chi connectivity index (χ4v) is 12.2. The van der Waals surface area contributed by atoms with Gasteiger partial charge in [0.05, 0.1) is 44.7 Å². The molecule has 4 heterocycles. The third kappa shape index (κ3) is 23.7. The third-order valence-electron chi connectivity index (χ3n) is 17.3. The fraction of sp³-hybridized carbons (Fsp3) is 0.951. The molecule has 0 bridgehead atoms. The van der Waals surface area contributed by atoms with E-state index in [1.807, 2.05) is 0 Å². The number of hydrogen-bond acceptors (Lipinski definition) is 22. The molecule has 4 aliphatic rings. The molecule has 0 unspecified atom stereocenters. The summed E-state index contributed by atoms with van der Waals surface area (Å²) < 4.78 is 49.3. The third-order valence-corrected chi connectivity index (χ3v) is 17.3. The number of aliphatic hydroxyl groups excluding tert-OH is 11. The number of carboxylic acids is 1. The molecular weight excluding hydrogens is 1130 g/mol. The standard InChI is InChI=1S/C61H112N2O23/c1-6-8-10-12-14-16-18-20-22-24-26-28-30-40(31-29-27-25-23-21-19-17-15-13-11-9-7-2)36-79-57-46(63-39(5)68)55(84-58-51(75)50(74)47(71)37(3)80-58)53(44(35-66)82-57)83-59-52(76)56(49(73)43(34-65)81-59)86-61(60(77)78)32-41(69)45(62-38(4)67)54(85-61)48(72)42(70)33-64/h37,40-59,64-66,69-76H,6-36H2,1-5H3,(H,62,67)(H,63,68)(H,77,78)/t37-,41-,42+,43+,44+,45+,46+,47+,48+,49-,50+,51-,52+,53+,54+,55+,56-,57+,58-,59-,61-/m0/s1. The molecule has 4 saturated heterocycles. The van der Waals surface area contributed by atoms with Gasteiger partial charge in [-0.05, 0) is 25.7 Å². The summed E-state index contributed by atoms with van der Waals surface area (Å²) in [5, 5.41) is 137. The largest absolute Gasteiger partial charge is 0.477 e. The van der Waals surface area contributed by atoms with E-state index in [4.69, 9.17) is 37.9 Å². The second-order valence-electron chi connectivity index (χ2n) is 24.6. The van der Waals surface area contributed by atoms with Crippen LogP contribution in [-0.2, 0) is 52.3 Å². The van der Waals surface area contributed by atoms with Gasteiger partial charge in [-0.1, -0.05) is 168 Å². The number of aliphatic carboxylic acids is 1. The maximum absolute atomic E-state index is 13.3. The zero-order valence-electron chi connectivity index (χ0n) is 51.9. The average Bonchev–Trinajstić information content (AvgIpc) is 1.31. The van der Waals surface area contributed by atoms with Crippen molar-refractivity contribution in [1.29, 1.82) is 0 Å². The molecule has 4 rings (SSSR count). The van der Waals surface area contributed by atoms with Crippen LogP contribution in [0.15, 0.2) is 0 Å². The summed E-state index contributed by atoms with van der Waals surface area (Å²) in [6.07, 6.45) is -3.69. The topological polar surface area (TPSA) is 392 Å². The van der Waals surface area contributed by atoms with E-state index < -0.39 is 172 Å². The smallest absolute Gasteiger partial charge is 0.364 e. The Labute approximate surface area is 509 Å². The maximum atomic E-state index is 13.3. The molecule has 14 N–H and O–H groups in total. The van der Waals surface area contributed by atoms with Crippen LogP contribution >= 0.6 is 0 Å². The van der Waals surface area contributed by atoms with E-state index in [0.717, 1.165) is 71.1 Å². The minimum absolute atomic E-state index is 0.0483. The van der Waals surface area contributed by atoms with E-state index in [9.17, 15) is 75.7 Å². The van der Waals surface area contributed by atoms with Crippen LogP contribution in [0.5, 0.6) is 0 Å². The summed E-state index contributed by atoms with van der Waals surface area (Å²) in [5.41, 5.74) is 0. The quantitative estimate of drug-likeness (QED) is 0.0390. The minimum atomic E-state index is -3.12. The van der Waals surface area contributed by atoms with Crippen molar-refractivity contribution in [3.8, 4) is 0 Å². The monoisotopic (exact) mass is 1240 g/mol. The van der Waals surface area contributed by atoms with Crippen molar-refractivity contribution in [2.45, 2.75) is 336 Å². The van der Waals surface area contributed by atoms with Gasteiger partial charge in [-0.25, -0.2) is 4.79 Å². The summed E-state index contributed by atoms with van der Waals surface area (Å²) in [4.78, 5) is 38.7. The van der Waals surface area contributed by atoms with E-state index in [1.54, 1.807) is 0 Å². The summed E-state index contributed by atoms with van der Waals surface area (Å²) >= 11 is 0. The number of carbonyl (C=O) groups is 3. The molecule has 21 atom stereocenters. The first kappa shape index (κ1) is 76.1. The number of hydrogen-bond donors (Lipinski definition) is 14. The molecule has 4 fully saturated rings. The molecule has 2 amide bonds. The summed E-state index contributed by atoms with van der Waals surface area (Å²) in [6, 6.07) is -3.00. The first-order valence-corrected chi connectivity index (χ1v) is 32.5. The molecule has 25 nitrogen and oxygen atoms in total. The van der Waals surface area contributed by atoms with Gasteiger partial charge in [0.25, 0.3) is 5.79 Å². The second-order valence-corrected chi connectivity index (χ2v) is 24.6. The number of unbranched alkanes of at least 4 members (excludes halogenated alkanes) is 22. The van der Waals surface area contributed by atoms with Crippen LogP contribution in [0.25, 0.3) is 0 Å². The van der Waals surface area contributed by atoms with Gasteiger partial charge in [0, 0.05) is 20.3 Å². The Morgan fingerprint density at radius 3 is 1.47 bits per heavy atom. The van der Waals surface area contributed by atoms with Crippen molar-refractivity contribution in [1.82, 2.24) is 10.6 Å². The molecule has 4 aliphatic heterocycles. The normalized spacial score (nSPS) is 34.0. The number of nitrogens with one attached hydrogen (secondary N) is 2. The molecule has 25 heteroatoms. The van der Waals surface area contributed by atoms with E-state index >= 15 is 0 Å². The highest BCUT2D eigenvalue weighted by atomic mass is 16.8. The zero-order chi connectivity index (χ0) is 63.3. The van der Waals surface area contributed by atoms with Crippen LogP contribution in [0.2, 0.25) is 0 Å². The van der Waals surface area contributed by atoms with Crippen LogP contribution in [0.4, 0.5) is 0 Å². The Bertz CT molecular complexity index is 1840. The van der Waals surface area contributed by atoms with Gasteiger partial charge in [0.1, 0.15) is 85.4 Å². The van der Waals surface area contributed by atoms with Gasteiger partial charge in [0.15, 0.2) is 18.9 Å². The van der Waals surface area contributed by atoms with Gasteiger partial charge < -0.3 is 110 Å². The lowest BCUT2D eigenvalue weighted by Crippen LogP contribution is -2.71. The van der Waals surface area contributed by atoms with Crippen molar-refractivity contribution in [3.63, 3.8) is 0 Å². The van der Waals surface area contributed by atoms with E-state index in [0.29, 0.717) is 0 Å². The number of amides is 2. The van der Waals surface area contributed by atoms with Gasteiger partial charge >= 0.3 is 5.97 Å². The van der Waals surface area contributed by atoms with Crippen LogP contribution in [0.3, 0.4) is 0 Å². The molecule has 0 spiro atoms. The lowest BCUT2D eigenvalue weighted by atomic mass is 9.88. The lowest BCUT2D eigenvalue weighted by Gasteiger charge is -2.51. The maximum Gasteiger partial charge on any atom is 0.364 e. The van der Waals surface area contributed by atoms with E-state index in [-0.39, 0.29) is 12.5 Å². The molecular formula is C61H112N2O23. The SMILES string of the molecule is CCCCCCCCCCCCCCC(CCCCCCCCCCCCCC)CO[C@@H]1O[C@H](CO)[C@@H](O[C@@H]2O[C@H](CO)[C@H](O)[C@H](O[C@]3(C(=O)O)C[C@H](O)[C@@H](NC(C)=O)[C@H]([C@H](O)[C@H](O)CO)O3)[C@H]2O)[C@H](O[C@@H]2O[C@@H](C)[C@@H](O)[C@@H](O)[C@@H]2O)[C@H]1NC(C)=O. The number of carboxylic acid groups (broad SMARTS) is 1. The first-order chi connectivity index (χ1) is 41.2. The van der Waals surface area contributed by atoms with Crippen LogP contribution < -0.4 is 10.6 Å². The Morgan fingerprint density at radius 1 is 0.547 bits per heavy atom. The molecule has 0 aromatic rings. The molecule has 0 aromatic heterocycles. The van der Waals surface area contributed by atoms with E-state index in [2.05, 4.69) is 24.5 Å². The molecule has 504 valence electrons. The highest BCUT2D eigenvalue weighted by molar-refractivity contribution is 5.76. The lowest BCUT2D eigenvalue weighted by molar-refractivity contribution is -0.391. The number of ether oxygens (including phenoxy) is 8. The fourth-order valence-electron chi connectivity index (χ4n) is 12.2. The van der Waals surface area contributed by atoms with Gasteiger partial charge in [-0.3, -0.25) is 9.59 Å². The Morgan fingerprint density at radius 2 is 1.00 bits per heavy atom. The van der Waals surface area contributed by atoms with Crippen LogP contribution in [0.1, 0.15) is 208 Å². The minimum Gasteiger partial charge on any atom is -0.477 e. The van der Waals surface area contributed by atoms with Crippen molar-refractivity contribution >= 4 is 17.8 Å². The highest BCUT2D eigenvalue weighted by Crippen LogP contribution is 2.40. The number of aliphatic hydroxyl groups is 11. The summed E-state index contributed by atoms with van der Waals surface area (Å²) in [5.74, 6) is -6.46. The molecule has 0 aromatic carbocycles. The number of carbonyl (C=O) groups excluding carboxylic acids is 2. The summed E-state index contributed by atoms with van der Waals surface area (Å²) in [7, 11) is 0. The highest BCUT2D eigenvalue weighted by Gasteiger charge is 2.61. The molecule has 0 radical (unpaired) electrons. The van der Waals surface area contributed by atoms with Crippen molar-refractivity contribution < 1.29 is 114 Å². The Hall–Kier alpha value is -2.35. The molecule has 0 aliphatic carbocycles.